The maximum absolute atomic E-state index is 12.1. The Kier molecular flexibility index (Phi) is 5.44. The van der Waals surface area contributed by atoms with E-state index in [0.717, 1.165) is 18.8 Å². The molecule has 2 nitrogen and oxygen atoms in total. The number of halogens is 1. The summed E-state index contributed by atoms with van der Waals surface area (Å²) in [6.07, 6.45) is 4.47. The van der Waals surface area contributed by atoms with Gasteiger partial charge in [-0.05, 0) is 37.2 Å². The molecule has 1 unspecified atom stereocenters. The molecule has 1 aromatic rings. The molecular formula is C16H22BrNO. The van der Waals surface area contributed by atoms with Crippen LogP contribution in [0.1, 0.15) is 43.0 Å². The van der Waals surface area contributed by atoms with E-state index in [-0.39, 0.29) is 16.7 Å². The lowest BCUT2D eigenvalue weighted by Crippen LogP contribution is -2.34. The molecule has 0 spiro atoms. The number of alkyl halides is 1. The molecule has 3 heteroatoms. The second-order valence-electron chi connectivity index (χ2n) is 5.58. The van der Waals surface area contributed by atoms with Gasteiger partial charge < -0.3 is 5.32 Å². The molecule has 0 heterocycles. The fraction of sp³-hybridized carbons (Fsp3) is 0.562. The Morgan fingerprint density at radius 3 is 2.53 bits per heavy atom. The van der Waals surface area contributed by atoms with Gasteiger partial charge >= 0.3 is 0 Å². The van der Waals surface area contributed by atoms with Crippen molar-refractivity contribution in [2.75, 3.05) is 6.54 Å². The summed E-state index contributed by atoms with van der Waals surface area (Å²) in [6.45, 7) is 2.94. The van der Waals surface area contributed by atoms with Crippen molar-refractivity contribution < 1.29 is 4.79 Å². The lowest BCUT2D eigenvalue weighted by Gasteiger charge is -2.25. The summed E-state index contributed by atoms with van der Waals surface area (Å²) in [6, 6.07) is 10.2. The van der Waals surface area contributed by atoms with Crippen molar-refractivity contribution >= 4 is 21.8 Å². The van der Waals surface area contributed by atoms with Gasteiger partial charge in [0, 0.05) is 12.5 Å². The predicted molar refractivity (Wildman–Crippen MR) is 82.2 cm³/mol. The van der Waals surface area contributed by atoms with Gasteiger partial charge in [0.1, 0.15) is 0 Å². The van der Waals surface area contributed by atoms with Crippen LogP contribution in [0.4, 0.5) is 0 Å². The van der Waals surface area contributed by atoms with Crippen molar-refractivity contribution in [3.8, 4) is 0 Å². The Morgan fingerprint density at radius 2 is 1.89 bits per heavy atom. The van der Waals surface area contributed by atoms with Gasteiger partial charge in [0.2, 0.25) is 5.91 Å². The first-order chi connectivity index (χ1) is 9.16. The smallest absolute Gasteiger partial charge is 0.223 e. The van der Waals surface area contributed by atoms with Crippen LogP contribution in [0.25, 0.3) is 0 Å². The lowest BCUT2D eigenvalue weighted by molar-refractivity contribution is -0.126. The molecule has 1 aliphatic rings. The fourth-order valence-corrected chi connectivity index (χ4v) is 3.10. The van der Waals surface area contributed by atoms with E-state index in [1.54, 1.807) is 0 Å². The van der Waals surface area contributed by atoms with Crippen LogP contribution in [0.5, 0.6) is 0 Å². The van der Waals surface area contributed by atoms with Gasteiger partial charge in [-0.25, -0.2) is 0 Å². The van der Waals surface area contributed by atoms with E-state index in [4.69, 9.17) is 0 Å². The molecule has 0 aromatic heterocycles. The number of nitrogens with one attached hydrogen (secondary N) is 1. The molecular weight excluding hydrogens is 302 g/mol. The molecule has 0 saturated heterocycles. The van der Waals surface area contributed by atoms with Gasteiger partial charge in [0.25, 0.3) is 0 Å². The molecule has 1 aromatic carbocycles. The monoisotopic (exact) mass is 323 g/mol. The minimum Gasteiger partial charge on any atom is -0.354 e. The first-order valence-corrected chi connectivity index (χ1v) is 8.05. The van der Waals surface area contributed by atoms with Crippen molar-refractivity contribution in [3.63, 3.8) is 0 Å². The summed E-state index contributed by atoms with van der Waals surface area (Å²) < 4.78 is 0. The van der Waals surface area contributed by atoms with Crippen molar-refractivity contribution in [3.05, 3.63) is 35.9 Å². The Labute approximate surface area is 124 Å². The number of carbonyl (C=O) groups excluding carboxylic acids is 1. The third-order valence-corrected chi connectivity index (χ3v) is 4.86. The minimum absolute atomic E-state index is 0.195. The number of benzene rings is 1. The Balaban J connectivity index is 1.77. The van der Waals surface area contributed by atoms with Gasteiger partial charge in [-0.1, -0.05) is 53.2 Å². The first-order valence-electron chi connectivity index (χ1n) is 7.13. The Hall–Kier alpha value is -0.830. The zero-order chi connectivity index (χ0) is 13.7. The average Bonchev–Trinajstić information content (AvgIpc) is 2.46. The Morgan fingerprint density at radius 1 is 1.26 bits per heavy atom. The van der Waals surface area contributed by atoms with Gasteiger partial charge in [-0.3, -0.25) is 4.79 Å². The fourth-order valence-electron chi connectivity index (χ4n) is 2.64. The molecule has 2 rings (SSSR count). The normalized spacial score (nSPS) is 24.7. The number of carbonyl (C=O) groups is 1. The van der Waals surface area contributed by atoms with E-state index in [1.807, 2.05) is 18.2 Å². The highest BCUT2D eigenvalue weighted by Crippen LogP contribution is 2.28. The van der Waals surface area contributed by atoms with Crippen LogP contribution in [0.3, 0.4) is 0 Å². The molecule has 1 aliphatic carbocycles. The van der Waals surface area contributed by atoms with Crippen LogP contribution in [-0.2, 0) is 4.79 Å². The average molecular weight is 324 g/mol. The number of hydrogen-bond donors (Lipinski definition) is 1. The molecule has 0 radical (unpaired) electrons. The zero-order valence-electron chi connectivity index (χ0n) is 11.4. The van der Waals surface area contributed by atoms with Crippen LogP contribution in [-0.4, -0.2) is 12.5 Å². The summed E-state index contributed by atoms with van der Waals surface area (Å²) in [7, 11) is 0. The largest absolute Gasteiger partial charge is 0.354 e. The molecule has 0 bridgehead atoms. The topological polar surface area (TPSA) is 29.1 Å². The summed E-state index contributed by atoms with van der Waals surface area (Å²) >= 11 is 3.63. The predicted octanol–water partition coefficient (Wildman–Crippen LogP) is 4.07. The second-order valence-corrected chi connectivity index (χ2v) is 6.69. The van der Waals surface area contributed by atoms with Crippen molar-refractivity contribution in [2.24, 2.45) is 11.8 Å². The molecule has 1 amide bonds. The van der Waals surface area contributed by atoms with Gasteiger partial charge in [0.15, 0.2) is 0 Å². The van der Waals surface area contributed by atoms with Crippen LogP contribution in [0.15, 0.2) is 30.3 Å². The highest BCUT2D eigenvalue weighted by atomic mass is 79.9. The van der Waals surface area contributed by atoms with Crippen molar-refractivity contribution in [2.45, 2.75) is 37.4 Å². The van der Waals surface area contributed by atoms with E-state index in [0.29, 0.717) is 6.54 Å². The zero-order valence-corrected chi connectivity index (χ0v) is 13.0. The third-order valence-electron chi connectivity index (χ3n) is 4.00. The highest BCUT2D eigenvalue weighted by Gasteiger charge is 2.24. The molecule has 19 heavy (non-hydrogen) atoms. The summed E-state index contributed by atoms with van der Waals surface area (Å²) in [5.41, 5.74) is 1.21. The van der Waals surface area contributed by atoms with Gasteiger partial charge in [0.05, 0.1) is 4.83 Å². The second kappa shape index (κ2) is 7.09. The lowest BCUT2D eigenvalue weighted by atomic mass is 9.82. The summed E-state index contributed by atoms with van der Waals surface area (Å²) in [4.78, 5) is 12.3. The van der Waals surface area contributed by atoms with E-state index in [2.05, 4.69) is 40.3 Å². The third kappa shape index (κ3) is 4.34. The van der Waals surface area contributed by atoms with Crippen LogP contribution in [0.2, 0.25) is 0 Å². The quantitative estimate of drug-likeness (QED) is 0.831. The minimum atomic E-state index is 0.195. The molecule has 104 valence electrons. The molecule has 1 atom stereocenters. The van der Waals surface area contributed by atoms with Crippen LogP contribution >= 0.6 is 15.9 Å². The number of hydrogen-bond acceptors (Lipinski definition) is 1. The molecule has 1 fully saturated rings. The van der Waals surface area contributed by atoms with Crippen molar-refractivity contribution in [1.82, 2.24) is 5.32 Å². The van der Waals surface area contributed by atoms with Crippen molar-refractivity contribution in [1.29, 1.82) is 0 Å². The molecule has 0 aliphatic heterocycles. The standard InChI is InChI=1S/C16H22BrNO/c1-12-7-9-14(10-8-12)16(19)18-11-15(17)13-5-3-2-4-6-13/h2-6,12,14-15H,7-11H2,1H3,(H,18,19). The highest BCUT2D eigenvalue weighted by molar-refractivity contribution is 9.09. The van der Waals surface area contributed by atoms with Crippen LogP contribution in [0, 0.1) is 11.8 Å². The van der Waals surface area contributed by atoms with Gasteiger partial charge in [-0.2, -0.15) is 0 Å². The summed E-state index contributed by atoms with van der Waals surface area (Å²) in [5.74, 6) is 1.25. The first kappa shape index (κ1) is 14.6. The Bertz CT molecular complexity index is 398. The summed E-state index contributed by atoms with van der Waals surface area (Å²) in [5, 5.41) is 3.08. The molecule has 1 N–H and O–H groups in total. The van der Waals surface area contributed by atoms with E-state index >= 15 is 0 Å². The van der Waals surface area contributed by atoms with E-state index in [1.165, 1.54) is 18.4 Å². The SMILES string of the molecule is CC1CCC(C(=O)NCC(Br)c2ccccc2)CC1. The van der Waals surface area contributed by atoms with E-state index < -0.39 is 0 Å². The number of amides is 1. The van der Waals surface area contributed by atoms with Crippen LogP contribution < -0.4 is 5.32 Å². The van der Waals surface area contributed by atoms with Gasteiger partial charge in [-0.15, -0.1) is 0 Å². The number of rotatable bonds is 4. The van der Waals surface area contributed by atoms with E-state index in [9.17, 15) is 4.79 Å². The maximum Gasteiger partial charge on any atom is 0.223 e. The molecule has 1 saturated carbocycles. The maximum atomic E-state index is 12.1.